The molecule has 1 heterocycles. The second-order valence-corrected chi connectivity index (χ2v) is 7.66. The van der Waals surface area contributed by atoms with E-state index in [9.17, 15) is 0 Å². The lowest BCUT2D eigenvalue weighted by molar-refractivity contribution is 0.159. The molecule has 0 amide bonds. The van der Waals surface area contributed by atoms with Gasteiger partial charge in [0.1, 0.15) is 0 Å². The lowest BCUT2D eigenvalue weighted by Gasteiger charge is -2.34. The fourth-order valence-corrected chi connectivity index (χ4v) is 3.64. The number of halogens is 1. The Morgan fingerprint density at radius 2 is 1.96 bits per heavy atom. The number of hydrogen-bond donors (Lipinski definition) is 2. The number of piperidine rings is 1. The Hall–Kier alpha value is -1.22. The Balaban J connectivity index is 0.00000392. The third-order valence-corrected chi connectivity index (χ3v) is 4.92. The Labute approximate surface area is 187 Å². The van der Waals surface area contributed by atoms with Crippen molar-refractivity contribution in [3.05, 3.63) is 23.8 Å². The van der Waals surface area contributed by atoms with E-state index in [2.05, 4.69) is 34.4 Å². The Morgan fingerprint density at radius 3 is 2.61 bits per heavy atom. The fraction of sp³-hybridized carbons (Fsp3) is 0.667. The molecule has 0 aromatic heterocycles. The van der Waals surface area contributed by atoms with Crippen LogP contribution < -0.4 is 20.1 Å². The first-order valence-corrected chi connectivity index (χ1v) is 9.93. The quantitative estimate of drug-likeness (QED) is 0.323. The molecule has 1 aliphatic heterocycles. The minimum atomic E-state index is 0. The van der Waals surface area contributed by atoms with Gasteiger partial charge in [-0.15, -0.1) is 24.0 Å². The Bertz CT molecular complexity index is 610. The van der Waals surface area contributed by atoms with Crippen LogP contribution in [-0.4, -0.2) is 58.3 Å². The van der Waals surface area contributed by atoms with Crippen molar-refractivity contribution in [1.29, 1.82) is 0 Å². The molecule has 0 aliphatic carbocycles. The average molecular weight is 504 g/mol. The van der Waals surface area contributed by atoms with E-state index < -0.39 is 0 Å². The number of likely N-dealkylation sites (tertiary alicyclic amines) is 1. The maximum Gasteiger partial charge on any atom is 0.191 e. The summed E-state index contributed by atoms with van der Waals surface area (Å²) in [5, 5.41) is 6.88. The minimum Gasteiger partial charge on any atom is -0.493 e. The molecule has 1 atom stereocenters. The first-order chi connectivity index (χ1) is 13.0. The van der Waals surface area contributed by atoms with Gasteiger partial charge in [0.2, 0.25) is 0 Å². The molecular formula is C21H37IN4O2. The summed E-state index contributed by atoms with van der Waals surface area (Å²) < 4.78 is 10.7. The second kappa shape index (κ2) is 13.1. The van der Waals surface area contributed by atoms with Gasteiger partial charge in [-0.25, -0.2) is 0 Å². The van der Waals surface area contributed by atoms with Gasteiger partial charge >= 0.3 is 0 Å². The first-order valence-electron chi connectivity index (χ1n) is 9.93. The molecule has 1 fully saturated rings. The highest BCUT2D eigenvalue weighted by atomic mass is 127. The summed E-state index contributed by atoms with van der Waals surface area (Å²) in [6.07, 6.45) is 2.57. The number of nitrogens with one attached hydrogen (secondary N) is 2. The second-order valence-electron chi connectivity index (χ2n) is 7.66. The Kier molecular flexibility index (Phi) is 11.6. The highest BCUT2D eigenvalue weighted by Gasteiger charge is 2.20. The molecule has 28 heavy (non-hydrogen) atoms. The van der Waals surface area contributed by atoms with Crippen molar-refractivity contribution in [2.24, 2.45) is 16.8 Å². The topological polar surface area (TPSA) is 58.1 Å². The van der Waals surface area contributed by atoms with Crippen molar-refractivity contribution in [3.8, 4) is 11.5 Å². The van der Waals surface area contributed by atoms with E-state index in [-0.39, 0.29) is 24.0 Å². The van der Waals surface area contributed by atoms with E-state index in [1.165, 1.54) is 32.5 Å². The monoisotopic (exact) mass is 504 g/mol. The molecule has 1 aromatic rings. The van der Waals surface area contributed by atoms with Crippen LogP contribution in [0.4, 0.5) is 0 Å². The SMILES string of the molecule is CN=C(NCc1ccc(OC)c(OC)c1)NCC1CCCN(CC(C)C)C1.I. The fourth-order valence-electron chi connectivity index (χ4n) is 3.64. The summed E-state index contributed by atoms with van der Waals surface area (Å²) in [5.74, 6) is 3.73. The molecule has 2 N–H and O–H groups in total. The molecular weight excluding hydrogens is 467 g/mol. The molecule has 1 aromatic carbocycles. The maximum atomic E-state index is 5.37. The van der Waals surface area contributed by atoms with Crippen LogP contribution in [0, 0.1) is 11.8 Å². The van der Waals surface area contributed by atoms with Gasteiger partial charge in [-0.1, -0.05) is 19.9 Å². The summed E-state index contributed by atoms with van der Waals surface area (Å²) >= 11 is 0. The minimum absolute atomic E-state index is 0. The van der Waals surface area contributed by atoms with Gasteiger partial charge in [-0.3, -0.25) is 4.99 Å². The number of ether oxygens (including phenoxy) is 2. The van der Waals surface area contributed by atoms with Crippen LogP contribution in [0.3, 0.4) is 0 Å². The maximum absolute atomic E-state index is 5.37. The summed E-state index contributed by atoms with van der Waals surface area (Å²) in [7, 11) is 5.12. The van der Waals surface area contributed by atoms with Crippen molar-refractivity contribution >= 4 is 29.9 Å². The van der Waals surface area contributed by atoms with Crippen LogP contribution in [0.1, 0.15) is 32.3 Å². The summed E-state index contributed by atoms with van der Waals surface area (Å²) in [6, 6.07) is 5.95. The lowest BCUT2D eigenvalue weighted by atomic mass is 9.97. The third-order valence-electron chi connectivity index (χ3n) is 4.92. The number of rotatable bonds is 8. The van der Waals surface area contributed by atoms with Crippen molar-refractivity contribution in [2.45, 2.75) is 33.2 Å². The van der Waals surface area contributed by atoms with Gasteiger partial charge in [-0.05, 0) is 48.9 Å². The van der Waals surface area contributed by atoms with Crippen molar-refractivity contribution in [1.82, 2.24) is 15.5 Å². The molecule has 1 unspecified atom stereocenters. The van der Waals surface area contributed by atoms with Crippen LogP contribution in [-0.2, 0) is 6.54 Å². The molecule has 1 aliphatic rings. The number of guanidine groups is 1. The van der Waals surface area contributed by atoms with Gasteiger partial charge in [0, 0.05) is 33.2 Å². The Morgan fingerprint density at radius 1 is 1.21 bits per heavy atom. The molecule has 0 radical (unpaired) electrons. The molecule has 6 nitrogen and oxygen atoms in total. The van der Waals surface area contributed by atoms with E-state index >= 15 is 0 Å². The van der Waals surface area contributed by atoms with Crippen LogP contribution in [0.15, 0.2) is 23.2 Å². The molecule has 0 bridgehead atoms. The number of nitrogens with zero attached hydrogens (tertiary/aromatic N) is 2. The summed E-state index contributed by atoms with van der Waals surface area (Å²) in [4.78, 5) is 6.95. The normalized spacial score (nSPS) is 17.8. The van der Waals surface area contributed by atoms with Crippen LogP contribution in [0.25, 0.3) is 0 Å². The van der Waals surface area contributed by atoms with Crippen molar-refractivity contribution < 1.29 is 9.47 Å². The highest BCUT2D eigenvalue weighted by molar-refractivity contribution is 14.0. The molecule has 160 valence electrons. The van der Waals surface area contributed by atoms with Crippen LogP contribution in [0.2, 0.25) is 0 Å². The molecule has 0 spiro atoms. The van der Waals surface area contributed by atoms with E-state index in [0.29, 0.717) is 12.5 Å². The van der Waals surface area contributed by atoms with Gasteiger partial charge in [0.05, 0.1) is 14.2 Å². The molecule has 2 rings (SSSR count). The van der Waals surface area contributed by atoms with Gasteiger partial charge in [0.25, 0.3) is 0 Å². The summed E-state index contributed by atoms with van der Waals surface area (Å²) in [6.45, 7) is 9.84. The number of methoxy groups -OCH3 is 2. The van der Waals surface area contributed by atoms with Crippen LogP contribution in [0.5, 0.6) is 11.5 Å². The van der Waals surface area contributed by atoms with Gasteiger partial charge in [-0.2, -0.15) is 0 Å². The van der Waals surface area contributed by atoms with Gasteiger partial charge < -0.3 is 25.0 Å². The largest absolute Gasteiger partial charge is 0.493 e. The zero-order valence-electron chi connectivity index (χ0n) is 18.0. The molecule has 7 heteroatoms. The third kappa shape index (κ3) is 8.03. The predicted molar refractivity (Wildman–Crippen MR) is 127 cm³/mol. The number of aliphatic imine (C=N–C) groups is 1. The van der Waals surface area contributed by atoms with Crippen molar-refractivity contribution in [3.63, 3.8) is 0 Å². The predicted octanol–water partition coefficient (Wildman–Crippen LogP) is 3.35. The van der Waals surface area contributed by atoms with E-state index in [1.54, 1.807) is 14.2 Å². The number of hydrogen-bond acceptors (Lipinski definition) is 4. The van der Waals surface area contributed by atoms with Gasteiger partial charge in [0.15, 0.2) is 17.5 Å². The molecule has 1 saturated heterocycles. The van der Waals surface area contributed by atoms with E-state index in [1.807, 2.05) is 25.2 Å². The standard InChI is InChI=1S/C21H36N4O2.HI/c1-16(2)14-25-10-6-7-18(15-25)13-24-21(22-3)23-12-17-8-9-19(26-4)20(11-17)27-5;/h8-9,11,16,18H,6-7,10,12-15H2,1-5H3,(H2,22,23,24);1H. The first kappa shape index (κ1) is 24.8. The zero-order valence-corrected chi connectivity index (χ0v) is 20.3. The molecule has 0 saturated carbocycles. The zero-order chi connectivity index (χ0) is 19.6. The lowest BCUT2D eigenvalue weighted by Crippen LogP contribution is -2.44. The van der Waals surface area contributed by atoms with Crippen molar-refractivity contribution in [2.75, 3.05) is 47.4 Å². The van der Waals surface area contributed by atoms with E-state index in [4.69, 9.17) is 9.47 Å². The number of benzene rings is 1. The van der Waals surface area contributed by atoms with E-state index in [0.717, 1.165) is 35.5 Å². The average Bonchev–Trinajstić information content (AvgIpc) is 2.67. The van der Waals surface area contributed by atoms with Crippen LogP contribution >= 0.6 is 24.0 Å². The smallest absolute Gasteiger partial charge is 0.191 e. The highest BCUT2D eigenvalue weighted by Crippen LogP contribution is 2.27. The summed E-state index contributed by atoms with van der Waals surface area (Å²) in [5.41, 5.74) is 1.12.